The smallest absolute Gasteiger partial charge is 0.258 e. The van der Waals surface area contributed by atoms with Crippen molar-refractivity contribution in [2.75, 3.05) is 6.61 Å². The van der Waals surface area contributed by atoms with E-state index in [2.05, 4.69) is 21.2 Å². The normalized spacial score (nSPS) is 10.8. The lowest BCUT2D eigenvalue weighted by atomic mass is 10.1. The highest BCUT2D eigenvalue weighted by atomic mass is 79.9. The molecule has 134 valence electrons. The van der Waals surface area contributed by atoms with Gasteiger partial charge in [-0.2, -0.15) is 0 Å². The Balaban J connectivity index is 1.85. The zero-order chi connectivity index (χ0) is 18.2. The summed E-state index contributed by atoms with van der Waals surface area (Å²) in [4.78, 5) is 11.9. The predicted molar refractivity (Wildman–Crippen MR) is 97.8 cm³/mol. The van der Waals surface area contributed by atoms with Crippen LogP contribution >= 0.6 is 15.9 Å². The second-order valence-electron chi connectivity index (χ2n) is 5.77. The SMILES string of the molecule is CC(C)OCc1ccccc1CNC(=O)COc1ccc(Br)cc1F. The summed E-state index contributed by atoms with van der Waals surface area (Å²) in [5.74, 6) is -0.788. The number of rotatable bonds is 8. The number of carbonyl (C=O) groups excluding carboxylic acids is 1. The minimum Gasteiger partial charge on any atom is -0.481 e. The van der Waals surface area contributed by atoms with E-state index in [0.717, 1.165) is 11.1 Å². The number of hydrogen-bond acceptors (Lipinski definition) is 3. The molecule has 0 bridgehead atoms. The molecule has 25 heavy (non-hydrogen) atoms. The molecule has 2 aromatic rings. The van der Waals surface area contributed by atoms with Gasteiger partial charge in [0.15, 0.2) is 18.2 Å². The molecule has 0 aliphatic rings. The summed E-state index contributed by atoms with van der Waals surface area (Å²) in [5.41, 5.74) is 2.00. The number of hydrogen-bond donors (Lipinski definition) is 1. The lowest BCUT2D eigenvalue weighted by molar-refractivity contribution is -0.123. The maximum absolute atomic E-state index is 13.7. The molecule has 0 fully saturated rings. The van der Waals surface area contributed by atoms with Crippen molar-refractivity contribution in [3.8, 4) is 5.75 Å². The van der Waals surface area contributed by atoms with Crippen LogP contribution in [-0.4, -0.2) is 18.6 Å². The fourth-order valence-electron chi connectivity index (χ4n) is 2.11. The topological polar surface area (TPSA) is 47.6 Å². The van der Waals surface area contributed by atoms with Gasteiger partial charge in [0.25, 0.3) is 5.91 Å². The minimum atomic E-state index is -0.515. The van der Waals surface area contributed by atoms with Crippen LogP contribution in [0.5, 0.6) is 5.75 Å². The summed E-state index contributed by atoms with van der Waals surface area (Å²) >= 11 is 3.17. The van der Waals surface area contributed by atoms with Gasteiger partial charge in [-0.1, -0.05) is 40.2 Å². The van der Waals surface area contributed by atoms with Crippen molar-refractivity contribution in [1.82, 2.24) is 5.32 Å². The molecule has 6 heteroatoms. The molecule has 0 aliphatic heterocycles. The van der Waals surface area contributed by atoms with E-state index >= 15 is 0 Å². The van der Waals surface area contributed by atoms with Crippen LogP contribution in [0.2, 0.25) is 0 Å². The monoisotopic (exact) mass is 409 g/mol. The highest BCUT2D eigenvalue weighted by molar-refractivity contribution is 9.10. The second kappa shape index (κ2) is 9.53. The molecule has 2 rings (SSSR count). The molecule has 0 aliphatic carbocycles. The number of benzene rings is 2. The van der Waals surface area contributed by atoms with E-state index in [4.69, 9.17) is 9.47 Å². The Morgan fingerprint density at radius 2 is 1.92 bits per heavy atom. The van der Waals surface area contributed by atoms with Gasteiger partial charge in [-0.3, -0.25) is 4.79 Å². The molecule has 0 heterocycles. The van der Waals surface area contributed by atoms with Crippen LogP contribution in [0.15, 0.2) is 46.9 Å². The van der Waals surface area contributed by atoms with Crippen LogP contribution in [0.4, 0.5) is 4.39 Å². The van der Waals surface area contributed by atoms with Crippen molar-refractivity contribution in [3.63, 3.8) is 0 Å². The van der Waals surface area contributed by atoms with E-state index in [0.29, 0.717) is 17.6 Å². The largest absolute Gasteiger partial charge is 0.481 e. The van der Waals surface area contributed by atoms with E-state index in [9.17, 15) is 9.18 Å². The Morgan fingerprint density at radius 3 is 2.60 bits per heavy atom. The molecule has 0 saturated heterocycles. The summed E-state index contributed by atoms with van der Waals surface area (Å²) in [6, 6.07) is 12.2. The first-order chi connectivity index (χ1) is 12.0. The highest BCUT2D eigenvalue weighted by Gasteiger charge is 2.09. The van der Waals surface area contributed by atoms with E-state index in [-0.39, 0.29) is 24.4 Å². The Kier molecular flexibility index (Phi) is 7.40. The number of carbonyl (C=O) groups is 1. The van der Waals surface area contributed by atoms with Gasteiger partial charge in [0.05, 0.1) is 12.7 Å². The van der Waals surface area contributed by atoms with Gasteiger partial charge < -0.3 is 14.8 Å². The van der Waals surface area contributed by atoms with E-state index in [1.807, 2.05) is 38.1 Å². The molecule has 0 atom stereocenters. The number of halogens is 2. The quantitative estimate of drug-likeness (QED) is 0.710. The fraction of sp³-hybridized carbons (Fsp3) is 0.316. The Labute approximate surface area is 155 Å². The third-order valence-electron chi connectivity index (χ3n) is 3.42. The molecular weight excluding hydrogens is 389 g/mol. The van der Waals surface area contributed by atoms with Crippen LogP contribution < -0.4 is 10.1 Å². The van der Waals surface area contributed by atoms with Crippen molar-refractivity contribution < 1.29 is 18.7 Å². The van der Waals surface area contributed by atoms with E-state index in [1.54, 1.807) is 6.07 Å². The molecule has 1 amide bonds. The predicted octanol–water partition coefficient (Wildman–Crippen LogP) is 4.21. The maximum atomic E-state index is 13.7. The molecule has 0 unspecified atom stereocenters. The van der Waals surface area contributed by atoms with Gasteiger partial charge >= 0.3 is 0 Å². The van der Waals surface area contributed by atoms with Gasteiger partial charge in [-0.05, 0) is 43.2 Å². The first-order valence-electron chi connectivity index (χ1n) is 7.98. The third kappa shape index (κ3) is 6.48. The summed E-state index contributed by atoms with van der Waals surface area (Å²) in [5, 5.41) is 2.78. The second-order valence-corrected chi connectivity index (χ2v) is 6.68. The van der Waals surface area contributed by atoms with Gasteiger partial charge in [0.2, 0.25) is 0 Å². The maximum Gasteiger partial charge on any atom is 0.258 e. The molecular formula is C19H21BrFNO3. The summed E-state index contributed by atoms with van der Waals surface area (Å²) < 4.78 is 25.1. The average Bonchev–Trinajstić information content (AvgIpc) is 2.58. The lowest BCUT2D eigenvalue weighted by Crippen LogP contribution is -2.29. The zero-order valence-electron chi connectivity index (χ0n) is 14.2. The molecule has 0 radical (unpaired) electrons. The zero-order valence-corrected chi connectivity index (χ0v) is 15.8. The van der Waals surface area contributed by atoms with Gasteiger partial charge in [0, 0.05) is 11.0 Å². The van der Waals surface area contributed by atoms with Gasteiger partial charge in [-0.15, -0.1) is 0 Å². The van der Waals surface area contributed by atoms with Crippen LogP contribution in [0.1, 0.15) is 25.0 Å². The van der Waals surface area contributed by atoms with Crippen LogP contribution in [0.3, 0.4) is 0 Å². The first-order valence-corrected chi connectivity index (χ1v) is 8.78. The highest BCUT2D eigenvalue weighted by Crippen LogP contribution is 2.21. The van der Waals surface area contributed by atoms with Crippen molar-refractivity contribution in [2.24, 2.45) is 0 Å². The Bertz CT molecular complexity index is 722. The summed E-state index contributed by atoms with van der Waals surface area (Å²) in [6.45, 7) is 4.56. The Hall–Kier alpha value is -1.92. The molecule has 4 nitrogen and oxygen atoms in total. The third-order valence-corrected chi connectivity index (χ3v) is 3.91. The fourth-order valence-corrected chi connectivity index (χ4v) is 2.44. The Morgan fingerprint density at radius 1 is 1.20 bits per heavy atom. The summed E-state index contributed by atoms with van der Waals surface area (Å²) in [6.07, 6.45) is 0.136. The minimum absolute atomic E-state index is 0.0454. The molecule has 0 aromatic heterocycles. The number of ether oxygens (including phenoxy) is 2. The lowest BCUT2D eigenvalue weighted by Gasteiger charge is -2.13. The average molecular weight is 410 g/mol. The van der Waals surface area contributed by atoms with Crippen LogP contribution in [-0.2, 0) is 22.7 Å². The molecule has 1 N–H and O–H groups in total. The van der Waals surface area contributed by atoms with Crippen molar-refractivity contribution in [1.29, 1.82) is 0 Å². The van der Waals surface area contributed by atoms with Crippen molar-refractivity contribution >= 4 is 21.8 Å². The molecule has 2 aromatic carbocycles. The van der Waals surface area contributed by atoms with E-state index in [1.165, 1.54) is 12.1 Å². The van der Waals surface area contributed by atoms with Crippen molar-refractivity contribution in [2.45, 2.75) is 33.1 Å². The summed E-state index contributed by atoms with van der Waals surface area (Å²) in [7, 11) is 0. The van der Waals surface area contributed by atoms with Gasteiger partial charge in [0.1, 0.15) is 0 Å². The number of amides is 1. The van der Waals surface area contributed by atoms with Crippen molar-refractivity contribution in [3.05, 3.63) is 63.9 Å². The number of nitrogens with one attached hydrogen (secondary N) is 1. The standard InChI is InChI=1S/C19H21BrFNO3/c1-13(2)24-11-15-6-4-3-5-14(15)10-22-19(23)12-25-18-8-7-16(20)9-17(18)21/h3-9,13H,10-12H2,1-2H3,(H,22,23). The van der Waals surface area contributed by atoms with E-state index < -0.39 is 5.82 Å². The van der Waals surface area contributed by atoms with Crippen LogP contribution in [0.25, 0.3) is 0 Å². The molecule has 0 spiro atoms. The molecule has 0 saturated carbocycles. The van der Waals surface area contributed by atoms with Crippen LogP contribution in [0, 0.1) is 5.82 Å². The first kappa shape index (κ1) is 19.4. The van der Waals surface area contributed by atoms with Gasteiger partial charge in [-0.25, -0.2) is 4.39 Å².